The van der Waals surface area contributed by atoms with Crippen LogP contribution in [-0.4, -0.2) is 37.4 Å². The topological polar surface area (TPSA) is 112 Å². The van der Waals surface area contributed by atoms with Gasteiger partial charge >= 0.3 is 29.6 Å². The minimum Gasteiger partial charge on any atom is -0.748 e. The van der Waals surface area contributed by atoms with E-state index >= 15 is 0 Å². The minimum atomic E-state index is -3.98. The predicted octanol–water partition coefficient (Wildman–Crippen LogP) is 4.25. The number of hydrogen-bond donors (Lipinski definition) is 1. The van der Waals surface area contributed by atoms with Gasteiger partial charge in [0.2, 0.25) is 0 Å². The van der Waals surface area contributed by atoms with Crippen LogP contribution >= 0.6 is 0 Å². The fraction of sp³-hybridized carbons (Fsp3) is 1.00. The first-order valence-corrected chi connectivity index (χ1v) is 16.2. The van der Waals surface area contributed by atoms with Crippen molar-refractivity contribution in [1.29, 1.82) is 0 Å². The van der Waals surface area contributed by atoms with Gasteiger partial charge in [-0.15, -0.1) is 0 Å². The van der Waals surface area contributed by atoms with Crippen molar-refractivity contribution in [3.05, 3.63) is 0 Å². The summed E-state index contributed by atoms with van der Waals surface area (Å²) in [6, 6.07) is 0. The Hall–Kier alpha value is 0.820. The molecule has 0 saturated heterocycles. The molecule has 33 heavy (non-hydrogen) atoms. The van der Waals surface area contributed by atoms with Crippen molar-refractivity contribution in [2.24, 2.45) is 0 Å². The van der Waals surface area contributed by atoms with Gasteiger partial charge in [0.15, 0.2) is 0 Å². The summed E-state index contributed by atoms with van der Waals surface area (Å²) in [5.74, 6) is -0.271. The molecular weight excluding hydrogens is 471 g/mol. The van der Waals surface area contributed by atoms with Crippen LogP contribution in [0.15, 0.2) is 0 Å². The maximum absolute atomic E-state index is 10.4. The van der Waals surface area contributed by atoms with Crippen molar-refractivity contribution in [1.82, 2.24) is 0 Å². The van der Waals surface area contributed by atoms with Crippen molar-refractivity contribution in [2.75, 3.05) is 11.5 Å². The molecule has 9 heteroatoms. The first kappa shape index (κ1) is 38.4. The Kier molecular flexibility index (Phi) is 31.9. The molecule has 0 rings (SSSR count). The summed E-state index contributed by atoms with van der Waals surface area (Å²) in [6.45, 7) is 4.43. The van der Waals surface area contributed by atoms with Crippen molar-refractivity contribution in [2.45, 2.75) is 142 Å². The molecule has 0 fully saturated rings. The second-order valence-corrected chi connectivity index (χ2v) is 12.0. The Morgan fingerprint density at radius 2 is 0.727 bits per heavy atom. The van der Waals surface area contributed by atoms with Crippen LogP contribution < -0.4 is 29.6 Å². The van der Waals surface area contributed by atoms with Crippen molar-refractivity contribution < 1.29 is 55.5 Å². The van der Waals surface area contributed by atoms with E-state index in [1.165, 1.54) is 89.9 Å². The Morgan fingerprint density at radius 3 is 0.970 bits per heavy atom. The summed E-state index contributed by atoms with van der Waals surface area (Å²) in [4.78, 5) is 0. The van der Waals surface area contributed by atoms with Gasteiger partial charge in [0, 0.05) is 5.75 Å². The molecule has 0 bridgehead atoms. The molecule has 0 amide bonds. The van der Waals surface area contributed by atoms with Gasteiger partial charge in [-0.3, -0.25) is 4.55 Å². The molecule has 0 atom stereocenters. The maximum atomic E-state index is 10.4. The molecule has 0 aliphatic rings. The molecule has 0 aromatic carbocycles. The summed E-state index contributed by atoms with van der Waals surface area (Å²) < 4.78 is 60.3. The molecule has 1 N–H and O–H groups in total. The molecule has 0 aliphatic heterocycles. The Bertz CT molecular complexity index is 528. The number of rotatable bonds is 22. The van der Waals surface area contributed by atoms with Crippen LogP contribution in [0.3, 0.4) is 0 Å². The van der Waals surface area contributed by atoms with Gasteiger partial charge in [0.1, 0.15) is 0 Å². The van der Waals surface area contributed by atoms with E-state index in [1.54, 1.807) is 0 Å². The van der Waals surface area contributed by atoms with E-state index in [1.807, 2.05) is 0 Å². The van der Waals surface area contributed by atoms with Crippen LogP contribution in [0.2, 0.25) is 0 Å². The average molecular weight is 523 g/mol. The third-order valence-corrected chi connectivity index (χ3v) is 7.10. The fourth-order valence-corrected chi connectivity index (χ4v) is 4.66. The molecule has 0 unspecified atom stereocenters. The summed E-state index contributed by atoms with van der Waals surface area (Å²) in [6.07, 6.45) is 23.1. The average Bonchev–Trinajstić information content (AvgIpc) is 2.70. The van der Waals surface area contributed by atoms with E-state index in [4.69, 9.17) is 4.55 Å². The second kappa shape index (κ2) is 27.4. The van der Waals surface area contributed by atoms with Crippen LogP contribution in [-0.2, 0) is 20.2 Å². The van der Waals surface area contributed by atoms with Crippen LogP contribution in [0, 0.1) is 0 Å². The van der Waals surface area contributed by atoms with Crippen LogP contribution in [0.1, 0.15) is 142 Å². The summed E-state index contributed by atoms with van der Waals surface area (Å²) in [5, 5.41) is 0. The number of hydrogen-bond acceptors (Lipinski definition) is 5. The molecule has 0 spiro atoms. The summed E-state index contributed by atoms with van der Waals surface area (Å²) in [7, 11) is -7.71. The third-order valence-electron chi connectivity index (χ3n) is 5.50. The van der Waals surface area contributed by atoms with Gasteiger partial charge in [0.05, 0.1) is 15.9 Å². The van der Waals surface area contributed by atoms with E-state index in [9.17, 15) is 21.4 Å². The predicted molar refractivity (Wildman–Crippen MR) is 135 cm³/mol. The molecule has 196 valence electrons. The van der Waals surface area contributed by atoms with E-state index in [0.717, 1.165) is 25.7 Å². The minimum absolute atomic E-state index is 0. The second-order valence-electron chi connectivity index (χ2n) is 8.91. The fourth-order valence-electron chi connectivity index (χ4n) is 3.54. The van der Waals surface area contributed by atoms with Crippen LogP contribution in [0.25, 0.3) is 0 Å². The van der Waals surface area contributed by atoms with Gasteiger partial charge < -0.3 is 4.55 Å². The van der Waals surface area contributed by atoms with Crippen molar-refractivity contribution in [3.63, 3.8) is 0 Å². The first-order valence-electron chi connectivity index (χ1n) is 13.0. The van der Waals surface area contributed by atoms with E-state index in [0.29, 0.717) is 12.8 Å². The maximum Gasteiger partial charge on any atom is 1.00 e. The van der Waals surface area contributed by atoms with Gasteiger partial charge in [-0.1, -0.05) is 129 Å². The molecule has 0 aromatic rings. The van der Waals surface area contributed by atoms with Crippen LogP contribution in [0.5, 0.6) is 0 Å². The van der Waals surface area contributed by atoms with Crippen LogP contribution in [0.4, 0.5) is 0 Å². The van der Waals surface area contributed by atoms with Gasteiger partial charge in [-0.25, -0.2) is 8.42 Å². The molecule has 0 heterocycles. The molecule has 0 saturated carbocycles. The normalized spacial score (nSPS) is 11.5. The van der Waals surface area contributed by atoms with E-state index in [2.05, 4.69) is 13.8 Å². The first-order chi connectivity index (χ1) is 15.1. The standard InChI is InChI=1S/2C12H26O3S.Na/c2*1-2-3-4-5-6-7-8-9-10-11-12-16(13,14)15;/h2*2-12H2,1H3,(H,13,14,15);/q;;+1/p-1. The van der Waals surface area contributed by atoms with E-state index in [-0.39, 0.29) is 41.1 Å². The molecular formula is C24H51NaO6S2. The van der Waals surface area contributed by atoms with Crippen molar-refractivity contribution >= 4 is 20.2 Å². The Labute approximate surface area is 228 Å². The summed E-state index contributed by atoms with van der Waals surface area (Å²) in [5.41, 5.74) is 0. The third kappa shape index (κ3) is 43.3. The van der Waals surface area contributed by atoms with Crippen molar-refractivity contribution in [3.8, 4) is 0 Å². The SMILES string of the molecule is CCCCCCCCCCCCS(=O)(=O)O.CCCCCCCCCCCCS(=O)(=O)[O-].[Na+]. The van der Waals surface area contributed by atoms with Gasteiger partial charge in [-0.05, 0) is 12.8 Å². The molecule has 0 aliphatic carbocycles. The Morgan fingerprint density at radius 1 is 0.485 bits per heavy atom. The Balaban J connectivity index is -0.000000529. The quantitative estimate of drug-likeness (QED) is 0.129. The van der Waals surface area contributed by atoms with Gasteiger partial charge in [0.25, 0.3) is 10.1 Å². The smallest absolute Gasteiger partial charge is 0.748 e. The molecule has 6 nitrogen and oxygen atoms in total. The van der Waals surface area contributed by atoms with Gasteiger partial charge in [-0.2, -0.15) is 8.42 Å². The zero-order valence-corrected chi connectivity index (χ0v) is 25.5. The monoisotopic (exact) mass is 522 g/mol. The van der Waals surface area contributed by atoms with E-state index < -0.39 is 20.2 Å². The molecule has 0 radical (unpaired) electrons. The summed E-state index contributed by atoms with van der Waals surface area (Å²) >= 11 is 0. The molecule has 0 aromatic heterocycles. The number of unbranched alkanes of at least 4 members (excludes halogenated alkanes) is 18. The largest absolute Gasteiger partial charge is 1.00 e. The zero-order valence-electron chi connectivity index (χ0n) is 21.9. The zero-order chi connectivity index (χ0) is 24.6.